The number of hydrogen-bond donors (Lipinski definition) is 2. The van der Waals surface area contributed by atoms with Crippen LogP contribution in [0.15, 0.2) is 12.1 Å². The lowest BCUT2D eigenvalue weighted by Gasteiger charge is -2.27. The van der Waals surface area contributed by atoms with E-state index in [4.69, 9.17) is 0 Å². The Balaban J connectivity index is 2.28. The highest BCUT2D eigenvalue weighted by Crippen LogP contribution is 2.36. The summed E-state index contributed by atoms with van der Waals surface area (Å²) in [5.74, 6) is 1.19. The molecule has 1 aromatic carbocycles. The van der Waals surface area contributed by atoms with Gasteiger partial charge < -0.3 is 10.4 Å². The van der Waals surface area contributed by atoms with E-state index in [0.29, 0.717) is 11.7 Å². The molecule has 2 N–H and O–H groups in total. The van der Waals surface area contributed by atoms with E-state index in [0.717, 1.165) is 30.6 Å². The van der Waals surface area contributed by atoms with Crippen LogP contribution in [0.3, 0.4) is 0 Å². The molecular formula is C17H27NO. The van der Waals surface area contributed by atoms with E-state index in [1.54, 1.807) is 0 Å². The van der Waals surface area contributed by atoms with E-state index < -0.39 is 0 Å². The zero-order valence-electron chi connectivity index (χ0n) is 12.7. The molecule has 1 heterocycles. The number of nitrogens with one attached hydrogen (secondary N) is 1. The second-order valence-electron chi connectivity index (χ2n) is 6.92. The molecule has 0 aromatic heterocycles. The predicted octanol–water partition coefficient (Wildman–Crippen LogP) is 3.54. The van der Waals surface area contributed by atoms with Crippen LogP contribution < -0.4 is 5.32 Å². The van der Waals surface area contributed by atoms with Crippen molar-refractivity contribution in [3.05, 3.63) is 28.8 Å². The van der Waals surface area contributed by atoms with Crippen molar-refractivity contribution >= 4 is 0 Å². The minimum Gasteiger partial charge on any atom is -0.507 e. The first-order valence-electron chi connectivity index (χ1n) is 7.42. The van der Waals surface area contributed by atoms with Gasteiger partial charge in [0.2, 0.25) is 0 Å². The molecule has 1 aliphatic rings. The normalized spacial score (nSPS) is 20.5. The molecule has 0 aliphatic carbocycles. The van der Waals surface area contributed by atoms with Crippen LogP contribution in [0.25, 0.3) is 0 Å². The summed E-state index contributed by atoms with van der Waals surface area (Å²) in [6, 6.07) is 4.24. The van der Waals surface area contributed by atoms with Crippen LogP contribution in [-0.4, -0.2) is 18.2 Å². The zero-order valence-corrected chi connectivity index (χ0v) is 12.7. The van der Waals surface area contributed by atoms with E-state index in [1.807, 2.05) is 0 Å². The molecule has 0 bridgehead atoms. The number of hydrogen-bond acceptors (Lipinski definition) is 2. The molecular weight excluding hydrogens is 234 g/mol. The highest BCUT2D eigenvalue weighted by molar-refractivity contribution is 5.48. The van der Waals surface area contributed by atoms with Gasteiger partial charge in [0.05, 0.1) is 0 Å². The first kappa shape index (κ1) is 14.4. The molecule has 0 spiro atoms. The van der Waals surface area contributed by atoms with E-state index in [1.165, 1.54) is 18.4 Å². The van der Waals surface area contributed by atoms with Gasteiger partial charge in [-0.2, -0.15) is 0 Å². The van der Waals surface area contributed by atoms with Crippen LogP contribution in [0.1, 0.15) is 50.3 Å². The van der Waals surface area contributed by atoms with Crippen LogP contribution >= 0.6 is 0 Å². The van der Waals surface area contributed by atoms with Crippen LogP contribution in [0.2, 0.25) is 0 Å². The fraction of sp³-hybridized carbons (Fsp3) is 0.647. The van der Waals surface area contributed by atoms with Crippen molar-refractivity contribution in [2.24, 2.45) is 5.92 Å². The minimum atomic E-state index is -0.00263. The van der Waals surface area contributed by atoms with Crippen molar-refractivity contribution in [2.45, 2.75) is 52.4 Å². The van der Waals surface area contributed by atoms with Gasteiger partial charge in [-0.3, -0.25) is 0 Å². The molecule has 1 aromatic rings. The van der Waals surface area contributed by atoms with E-state index >= 15 is 0 Å². The maximum absolute atomic E-state index is 10.6. The Morgan fingerprint density at radius 3 is 2.63 bits per heavy atom. The predicted molar refractivity (Wildman–Crippen MR) is 80.8 cm³/mol. The first-order chi connectivity index (χ1) is 8.89. The number of aryl methyl sites for hydroxylation is 1. The Morgan fingerprint density at radius 2 is 2.05 bits per heavy atom. The molecule has 106 valence electrons. The Morgan fingerprint density at radius 1 is 1.32 bits per heavy atom. The van der Waals surface area contributed by atoms with E-state index in [9.17, 15) is 5.11 Å². The van der Waals surface area contributed by atoms with Crippen LogP contribution in [0.5, 0.6) is 5.75 Å². The summed E-state index contributed by atoms with van der Waals surface area (Å²) in [4.78, 5) is 0. The van der Waals surface area contributed by atoms with Gasteiger partial charge in [0.25, 0.3) is 0 Å². The number of aromatic hydroxyl groups is 1. The Bertz CT molecular complexity index is 439. The highest BCUT2D eigenvalue weighted by Gasteiger charge is 2.23. The van der Waals surface area contributed by atoms with Crippen molar-refractivity contribution in [3.63, 3.8) is 0 Å². The third kappa shape index (κ3) is 3.30. The molecule has 1 atom stereocenters. The first-order valence-corrected chi connectivity index (χ1v) is 7.42. The van der Waals surface area contributed by atoms with E-state index in [2.05, 4.69) is 45.1 Å². The molecule has 19 heavy (non-hydrogen) atoms. The lowest BCUT2D eigenvalue weighted by molar-refractivity contribution is 0.367. The van der Waals surface area contributed by atoms with Crippen LogP contribution in [0.4, 0.5) is 0 Å². The molecule has 1 saturated heterocycles. The molecule has 0 radical (unpaired) electrons. The lowest BCUT2D eigenvalue weighted by atomic mass is 9.82. The SMILES string of the molecule is Cc1ccc(C(C)(C)C)c(O)c1CC1CCCNC1. The van der Waals surface area contributed by atoms with Crippen molar-refractivity contribution < 1.29 is 5.11 Å². The summed E-state index contributed by atoms with van der Waals surface area (Å²) in [7, 11) is 0. The van der Waals surface area contributed by atoms with Crippen LogP contribution in [0, 0.1) is 12.8 Å². The quantitative estimate of drug-likeness (QED) is 0.853. The molecule has 2 heteroatoms. The molecule has 1 aliphatic heterocycles. The lowest BCUT2D eigenvalue weighted by Crippen LogP contribution is -2.31. The number of phenols is 1. The Labute approximate surface area is 117 Å². The van der Waals surface area contributed by atoms with Gasteiger partial charge in [-0.25, -0.2) is 0 Å². The average Bonchev–Trinajstić information content (AvgIpc) is 2.34. The zero-order chi connectivity index (χ0) is 14.0. The van der Waals surface area contributed by atoms with Crippen molar-refractivity contribution in [1.82, 2.24) is 5.32 Å². The fourth-order valence-corrected chi connectivity index (χ4v) is 2.99. The molecule has 1 unspecified atom stereocenters. The molecule has 2 nitrogen and oxygen atoms in total. The smallest absolute Gasteiger partial charge is 0.122 e. The van der Waals surface area contributed by atoms with Gasteiger partial charge in [-0.1, -0.05) is 32.9 Å². The van der Waals surface area contributed by atoms with E-state index in [-0.39, 0.29) is 5.41 Å². The second-order valence-corrected chi connectivity index (χ2v) is 6.92. The summed E-state index contributed by atoms with van der Waals surface area (Å²) in [5.41, 5.74) is 3.44. The van der Waals surface area contributed by atoms with Crippen molar-refractivity contribution in [3.8, 4) is 5.75 Å². The van der Waals surface area contributed by atoms with Gasteiger partial charge >= 0.3 is 0 Å². The van der Waals surface area contributed by atoms with Crippen molar-refractivity contribution in [2.75, 3.05) is 13.1 Å². The topological polar surface area (TPSA) is 32.3 Å². The fourth-order valence-electron chi connectivity index (χ4n) is 2.99. The standard InChI is InChI=1S/C17H27NO/c1-12-7-8-15(17(2,3)4)16(19)14(12)10-13-6-5-9-18-11-13/h7-8,13,18-19H,5-6,9-11H2,1-4H3. The summed E-state index contributed by atoms with van der Waals surface area (Å²) >= 11 is 0. The average molecular weight is 261 g/mol. The molecule has 1 fully saturated rings. The van der Waals surface area contributed by atoms with Gasteiger partial charge in [0, 0.05) is 0 Å². The second kappa shape index (κ2) is 5.54. The van der Waals surface area contributed by atoms with Gasteiger partial charge in [-0.05, 0) is 67.3 Å². The van der Waals surface area contributed by atoms with Gasteiger partial charge in [0.1, 0.15) is 5.75 Å². The number of phenolic OH excluding ortho intramolecular Hbond substituents is 1. The summed E-state index contributed by atoms with van der Waals surface area (Å²) in [6.07, 6.45) is 3.52. The largest absolute Gasteiger partial charge is 0.507 e. The summed E-state index contributed by atoms with van der Waals surface area (Å²) in [6.45, 7) is 10.8. The van der Waals surface area contributed by atoms with Crippen molar-refractivity contribution in [1.29, 1.82) is 0 Å². The maximum Gasteiger partial charge on any atom is 0.122 e. The minimum absolute atomic E-state index is 0.00263. The third-order valence-electron chi connectivity index (χ3n) is 4.22. The Hall–Kier alpha value is -1.02. The van der Waals surface area contributed by atoms with Gasteiger partial charge in [0.15, 0.2) is 0 Å². The summed E-state index contributed by atoms with van der Waals surface area (Å²) in [5, 5.41) is 14.1. The molecule has 0 saturated carbocycles. The third-order valence-corrected chi connectivity index (χ3v) is 4.22. The molecule has 2 rings (SSSR count). The highest BCUT2D eigenvalue weighted by atomic mass is 16.3. The number of rotatable bonds is 2. The number of benzene rings is 1. The Kier molecular flexibility index (Phi) is 4.19. The van der Waals surface area contributed by atoms with Crippen LogP contribution in [-0.2, 0) is 11.8 Å². The molecule has 0 amide bonds. The summed E-state index contributed by atoms with van der Waals surface area (Å²) < 4.78 is 0. The van der Waals surface area contributed by atoms with Gasteiger partial charge in [-0.15, -0.1) is 0 Å². The number of piperidine rings is 1. The monoisotopic (exact) mass is 261 g/mol. The maximum atomic E-state index is 10.6.